The monoisotopic (exact) mass is 211 g/mol. The molecule has 0 bridgehead atoms. The van der Waals surface area contributed by atoms with Crippen LogP contribution in [0, 0.1) is 17.3 Å². The van der Waals surface area contributed by atoms with Gasteiger partial charge in [-0.05, 0) is 37.6 Å². The summed E-state index contributed by atoms with van der Waals surface area (Å²) in [7, 11) is 0. The average Bonchev–Trinajstić information content (AvgIpc) is 2.67. The molecule has 0 amide bonds. The summed E-state index contributed by atoms with van der Waals surface area (Å²) in [6.07, 6.45) is 5.52. The first-order valence-corrected chi connectivity index (χ1v) is 6.09. The summed E-state index contributed by atoms with van der Waals surface area (Å²) in [6.45, 7) is 3.81. The third kappa shape index (κ3) is 1.89. The first kappa shape index (κ1) is 10.9. The maximum absolute atomic E-state index is 11.5. The summed E-state index contributed by atoms with van der Waals surface area (Å²) in [6, 6.07) is 0. The lowest BCUT2D eigenvalue weighted by Crippen LogP contribution is -2.42. The fourth-order valence-electron chi connectivity index (χ4n) is 3.35. The minimum atomic E-state index is -0.577. The lowest BCUT2D eigenvalue weighted by Gasteiger charge is -2.38. The maximum atomic E-state index is 11.5. The Morgan fingerprint density at radius 1 is 1.47 bits per heavy atom. The molecule has 1 saturated carbocycles. The van der Waals surface area contributed by atoms with Gasteiger partial charge in [0.1, 0.15) is 0 Å². The molecular formula is C12H21NO2. The van der Waals surface area contributed by atoms with Gasteiger partial charge in [-0.2, -0.15) is 0 Å². The highest BCUT2D eigenvalue weighted by Gasteiger charge is 2.48. The van der Waals surface area contributed by atoms with Crippen molar-refractivity contribution in [3.63, 3.8) is 0 Å². The fraction of sp³-hybridized carbons (Fsp3) is 0.917. The Bertz CT molecular complexity index is 246. The van der Waals surface area contributed by atoms with Crippen LogP contribution in [0.1, 0.15) is 39.0 Å². The van der Waals surface area contributed by atoms with E-state index in [0.29, 0.717) is 18.4 Å². The number of carboxylic acid groups (broad SMARTS) is 1. The minimum absolute atomic E-state index is 0.397. The third-order valence-corrected chi connectivity index (χ3v) is 4.33. The molecule has 1 aliphatic carbocycles. The molecule has 1 aliphatic heterocycles. The van der Waals surface area contributed by atoms with Gasteiger partial charge >= 0.3 is 5.97 Å². The van der Waals surface area contributed by atoms with E-state index < -0.39 is 11.4 Å². The molecule has 0 aromatic rings. The normalized spacial score (nSPS) is 41.7. The van der Waals surface area contributed by atoms with Gasteiger partial charge in [-0.3, -0.25) is 4.79 Å². The second-order valence-corrected chi connectivity index (χ2v) is 5.36. The predicted molar refractivity (Wildman–Crippen MR) is 58.7 cm³/mol. The average molecular weight is 211 g/mol. The Kier molecular flexibility index (Phi) is 3.01. The second-order valence-electron chi connectivity index (χ2n) is 5.36. The van der Waals surface area contributed by atoms with Crippen molar-refractivity contribution in [2.45, 2.75) is 39.0 Å². The van der Waals surface area contributed by atoms with Crippen molar-refractivity contribution in [2.24, 2.45) is 17.3 Å². The van der Waals surface area contributed by atoms with E-state index >= 15 is 0 Å². The van der Waals surface area contributed by atoms with Crippen molar-refractivity contribution in [3.05, 3.63) is 0 Å². The van der Waals surface area contributed by atoms with Crippen LogP contribution >= 0.6 is 0 Å². The van der Waals surface area contributed by atoms with E-state index in [-0.39, 0.29) is 0 Å². The Balaban J connectivity index is 2.13. The summed E-state index contributed by atoms with van der Waals surface area (Å²) < 4.78 is 0. The van der Waals surface area contributed by atoms with Crippen molar-refractivity contribution in [1.29, 1.82) is 0 Å². The molecule has 1 saturated heterocycles. The Morgan fingerprint density at radius 2 is 2.27 bits per heavy atom. The van der Waals surface area contributed by atoms with E-state index in [1.54, 1.807) is 0 Å². The number of hydrogen-bond acceptors (Lipinski definition) is 2. The van der Waals surface area contributed by atoms with Crippen molar-refractivity contribution in [1.82, 2.24) is 5.32 Å². The molecular weight excluding hydrogens is 190 g/mol. The van der Waals surface area contributed by atoms with Gasteiger partial charge in [-0.25, -0.2) is 0 Å². The van der Waals surface area contributed by atoms with Crippen LogP contribution in [0.5, 0.6) is 0 Å². The topological polar surface area (TPSA) is 49.3 Å². The molecule has 1 heterocycles. The Morgan fingerprint density at radius 3 is 2.80 bits per heavy atom. The van der Waals surface area contributed by atoms with Crippen LogP contribution in [-0.4, -0.2) is 24.2 Å². The van der Waals surface area contributed by atoms with Crippen molar-refractivity contribution in [2.75, 3.05) is 13.1 Å². The van der Waals surface area contributed by atoms with Crippen LogP contribution in [0.2, 0.25) is 0 Å². The zero-order chi connectivity index (χ0) is 10.9. The molecule has 0 radical (unpaired) electrons. The van der Waals surface area contributed by atoms with Gasteiger partial charge in [-0.1, -0.05) is 19.8 Å². The van der Waals surface area contributed by atoms with Crippen LogP contribution in [0.15, 0.2) is 0 Å². The first-order chi connectivity index (χ1) is 7.15. The number of rotatable bonds is 2. The van der Waals surface area contributed by atoms with Gasteiger partial charge in [-0.15, -0.1) is 0 Å². The second kappa shape index (κ2) is 4.12. The third-order valence-electron chi connectivity index (χ3n) is 4.33. The molecule has 2 fully saturated rings. The molecule has 2 rings (SSSR count). The Hall–Kier alpha value is -0.570. The molecule has 2 aliphatic rings. The first-order valence-electron chi connectivity index (χ1n) is 6.09. The SMILES string of the molecule is CC1CCCC(C2(C(=O)O)CCNC2)C1. The van der Waals surface area contributed by atoms with Gasteiger partial charge in [0.05, 0.1) is 5.41 Å². The summed E-state index contributed by atoms with van der Waals surface area (Å²) in [4.78, 5) is 11.5. The summed E-state index contributed by atoms with van der Waals surface area (Å²) in [5.41, 5.74) is -0.450. The highest BCUT2D eigenvalue weighted by molar-refractivity contribution is 5.76. The zero-order valence-electron chi connectivity index (χ0n) is 9.46. The van der Waals surface area contributed by atoms with Crippen LogP contribution < -0.4 is 5.32 Å². The molecule has 3 nitrogen and oxygen atoms in total. The summed E-state index contributed by atoms with van der Waals surface area (Å²) >= 11 is 0. The molecule has 0 aromatic heterocycles. The quantitative estimate of drug-likeness (QED) is 0.733. The lowest BCUT2D eigenvalue weighted by molar-refractivity contribution is -0.152. The standard InChI is InChI=1S/C12H21NO2/c1-9-3-2-4-10(7-9)12(11(14)15)5-6-13-8-12/h9-10,13H,2-8H2,1H3,(H,14,15). The fourth-order valence-corrected chi connectivity index (χ4v) is 3.35. The number of carbonyl (C=O) groups is 1. The van der Waals surface area contributed by atoms with E-state index in [0.717, 1.165) is 25.8 Å². The minimum Gasteiger partial charge on any atom is -0.481 e. The van der Waals surface area contributed by atoms with E-state index in [1.165, 1.54) is 12.8 Å². The highest BCUT2D eigenvalue weighted by Crippen LogP contribution is 2.44. The molecule has 2 N–H and O–H groups in total. The van der Waals surface area contributed by atoms with Gasteiger partial charge in [0.25, 0.3) is 0 Å². The van der Waals surface area contributed by atoms with Gasteiger partial charge in [0.2, 0.25) is 0 Å². The number of carboxylic acids is 1. The zero-order valence-corrected chi connectivity index (χ0v) is 9.46. The summed E-state index contributed by atoms with van der Waals surface area (Å²) in [5, 5.41) is 12.7. The van der Waals surface area contributed by atoms with Crippen LogP contribution in [0.3, 0.4) is 0 Å². The summed E-state index contributed by atoms with van der Waals surface area (Å²) in [5.74, 6) is 0.529. The van der Waals surface area contributed by atoms with E-state index in [9.17, 15) is 9.90 Å². The molecule has 3 atom stereocenters. The molecule has 0 spiro atoms. The smallest absolute Gasteiger partial charge is 0.311 e. The Labute approximate surface area is 91.2 Å². The molecule has 3 unspecified atom stereocenters. The van der Waals surface area contributed by atoms with Gasteiger partial charge < -0.3 is 10.4 Å². The van der Waals surface area contributed by atoms with Crippen LogP contribution in [0.25, 0.3) is 0 Å². The van der Waals surface area contributed by atoms with Crippen molar-refractivity contribution < 1.29 is 9.90 Å². The maximum Gasteiger partial charge on any atom is 0.311 e. The van der Waals surface area contributed by atoms with Crippen molar-refractivity contribution in [3.8, 4) is 0 Å². The van der Waals surface area contributed by atoms with E-state index in [4.69, 9.17) is 0 Å². The van der Waals surface area contributed by atoms with Crippen LogP contribution in [0.4, 0.5) is 0 Å². The largest absolute Gasteiger partial charge is 0.481 e. The highest BCUT2D eigenvalue weighted by atomic mass is 16.4. The number of aliphatic carboxylic acids is 1. The van der Waals surface area contributed by atoms with Gasteiger partial charge in [0, 0.05) is 6.54 Å². The van der Waals surface area contributed by atoms with Crippen molar-refractivity contribution >= 4 is 5.97 Å². The number of hydrogen-bond donors (Lipinski definition) is 2. The number of nitrogens with one attached hydrogen (secondary N) is 1. The van der Waals surface area contributed by atoms with Crippen LogP contribution in [-0.2, 0) is 4.79 Å². The van der Waals surface area contributed by atoms with Gasteiger partial charge in [0.15, 0.2) is 0 Å². The molecule has 0 aromatic carbocycles. The van der Waals surface area contributed by atoms with E-state index in [2.05, 4.69) is 12.2 Å². The predicted octanol–water partition coefficient (Wildman–Crippen LogP) is 1.88. The van der Waals surface area contributed by atoms with E-state index in [1.807, 2.05) is 0 Å². The molecule has 3 heteroatoms. The lowest BCUT2D eigenvalue weighted by atomic mass is 9.66. The molecule has 15 heavy (non-hydrogen) atoms. The molecule has 86 valence electrons.